The van der Waals surface area contributed by atoms with Crippen LogP contribution in [0.2, 0.25) is 0 Å². The highest BCUT2D eigenvalue weighted by Gasteiger charge is 2.27. The third kappa shape index (κ3) is 5.26. The van der Waals surface area contributed by atoms with Crippen LogP contribution in [0.1, 0.15) is 47.6 Å². The van der Waals surface area contributed by atoms with Crippen molar-refractivity contribution in [1.82, 2.24) is 9.78 Å². The molecule has 0 spiro atoms. The Morgan fingerprint density at radius 1 is 1.22 bits per heavy atom. The molecule has 1 aliphatic rings. The van der Waals surface area contributed by atoms with Crippen molar-refractivity contribution in [3.05, 3.63) is 47.7 Å². The highest BCUT2D eigenvalue weighted by molar-refractivity contribution is 5.89. The van der Waals surface area contributed by atoms with Crippen LogP contribution in [0.3, 0.4) is 0 Å². The van der Waals surface area contributed by atoms with Gasteiger partial charge in [-0.2, -0.15) is 8.78 Å². The second-order valence-corrected chi connectivity index (χ2v) is 6.69. The zero-order valence-electron chi connectivity index (χ0n) is 14.8. The van der Waals surface area contributed by atoms with Crippen LogP contribution in [0.4, 0.5) is 8.78 Å². The van der Waals surface area contributed by atoms with Crippen molar-refractivity contribution in [3.8, 4) is 5.88 Å². The molecule has 0 saturated heterocycles. The molecule has 27 heavy (non-hydrogen) atoms. The number of alkyl halides is 2. The van der Waals surface area contributed by atoms with Crippen molar-refractivity contribution in [2.45, 2.75) is 44.9 Å². The number of hydrogen-bond donors (Lipinski definition) is 1. The minimum Gasteiger partial charge on any atom is -0.477 e. The number of rotatable bonds is 8. The van der Waals surface area contributed by atoms with Gasteiger partial charge in [0.2, 0.25) is 0 Å². The summed E-state index contributed by atoms with van der Waals surface area (Å²) in [6, 6.07) is 9.94. The van der Waals surface area contributed by atoms with E-state index in [1.54, 1.807) is 0 Å². The first-order valence-electron chi connectivity index (χ1n) is 8.92. The van der Waals surface area contributed by atoms with Crippen LogP contribution in [0.5, 0.6) is 5.88 Å². The second kappa shape index (κ2) is 8.94. The number of carbonyl (C=O) groups is 1. The molecule has 1 fully saturated rings. The number of carboxylic acid groups (broad SMARTS) is 1. The van der Waals surface area contributed by atoms with Crippen LogP contribution >= 0.6 is 0 Å². The second-order valence-electron chi connectivity index (χ2n) is 6.69. The van der Waals surface area contributed by atoms with Gasteiger partial charge in [0.1, 0.15) is 5.56 Å². The van der Waals surface area contributed by atoms with Crippen LogP contribution < -0.4 is 4.74 Å². The molecule has 0 amide bonds. The Kier molecular flexibility index (Phi) is 6.39. The molecule has 8 heteroatoms. The highest BCUT2D eigenvalue weighted by atomic mass is 19.3. The topological polar surface area (TPSA) is 73.6 Å². The van der Waals surface area contributed by atoms with Gasteiger partial charge in [0.05, 0.1) is 12.6 Å². The number of benzene rings is 1. The summed E-state index contributed by atoms with van der Waals surface area (Å²) < 4.78 is 36.3. The molecule has 1 aromatic carbocycles. The SMILES string of the molecule is O=C(O)c1cn(C2CCC(COCc3ccccc3)CC2)nc1OC(F)F. The first-order valence-corrected chi connectivity index (χ1v) is 8.92. The molecule has 1 aliphatic carbocycles. The molecule has 1 aromatic heterocycles. The average molecular weight is 380 g/mol. The fraction of sp³-hybridized carbons (Fsp3) is 0.474. The lowest BCUT2D eigenvalue weighted by atomic mass is 9.86. The van der Waals surface area contributed by atoms with Crippen molar-refractivity contribution >= 4 is 5.97 Å². The van der Waals surface area contributed by atoms with Crippen molar-refractivity contribution in [1.29, 1.82) is 0 Å². The van der Waals surface area contributed by atoms with Gasteiger partial charge in [-0.3, -0.25) is 4.68 Å². The zero-order chi connectivity index (χ0) is 19.2. The fourth-order valence-electron chi connectivity index (χ4n) is 3.37. The van der Waals surface area contributed by atoms with Gasteiger partial charge >= 0.3 is 12.6 Å². The van der Waals surface area contributed by atoms with E-state index < -0.39 is 18.5 Å². The predicted molar refractivity (Wildman–Crippen MR) is 92.9 cm³/mol. The average Bonchev–Trinajstić information content (AvgIpc) is 3.06. The van der Waals surface area contributed by atoms with Gasteiger partial charge in [0, 0.05) is 12.8 Å². The first-order chi connectivity index (χ1) is 13.0. The molecule has 0 radical (unpaired) electrons. The Labute approximate surface area is 155 Å². The van der Waals surface area contributed by atoms with Crippen molar-refractivity contribution in [2.75, 3.05) is 6.61 Å². The Hall–Kier alpha value is -2.48. The van der Waals surface area contributed by atoms with Crippen LogP contribution in [-0.4, -0.2) is 34.1 Å². The Bertz CT molecular complexity index is 743. The number of hydrogen-bond acceptors (Lipinski definition) is 4. The minimum absolute atomic E-state index is 0.0245. The Morgan fingerprint density at radius 3 is 2.56 bits per heavy atom. The van der Waals surface area contributed by atoms with Gasteiger partial charge in [-0.05, 0) is 37.2 Å². The molecule has 1 heterocycles. The quantitative estimate of drug-likeness (QED) is 0.745. The van der Waals surface area contributed by atoms with E-state index in [1.807, 2.05) is 30.3 Å². The van der Waals surface area contributed by atoms with E-state index in [9.17, 15) is 13.6 Å². The molecule has 0 bridgehead atoms. The van der Waals surface area contributed by atoms with E-state index >= 15 is 0 Å². The van der Waals surface area contributed by atoms with Gasteiger partial charge < -0.3 is 14.6 Å². The lowest BCUT2D eigenvalue weighted by molar-refractivity contribution is -0.0538. The molecule has 0 aliphatic heterocycles. The van der Waals surface area contributed by atoms with Crippen LogP contribution in [0, 0.1) is 5.92 Å². The Balaban J connectivity index is 1.50. The summed E-state index contributed by atoms with van der Waals surface area (Å²) in [5.74, 6) is -1.44. The largest absolute Gasteiger partial charge is 0.477 e. The maximum absolute atomic E-state index is 12.4. The van der Waals surface area contributed by atoms with E-state index in [0.717, 1.165) is 31.2 Å². The van der Waals surface area contributed by atoms with Gasteiger partial charge in [0.25, 0.3) is 5.88 Å². The van der Waals surface area contributed by atoms with Gasteiger partial charge in [-0.1, -0.05) is 30.3 Å². The molecule has 3 rings (SSSR count). The van der Waals surface area contributed by atoms with E-state index in [2.05, 4.69) is 9.84 Å². The van der Waals surface area contributed by atoms with Gasteiger partial charge in [-0.15, -0.1) is 5.10 Å². The summed E-state index contributed by atoms with van der Waals surface area (Å²) in [5.41, 5.74) is 0.791. The summed E-state index contributed by atoms with van der Waals surface area (Å²) in [6.45, 7) is -1.86. The van der Waals surface area contributed by atoms with Crippen molar-refractivity contribution in [3.63, 3.8) is 0 Å². The molecule has 6 nitrogen and oxygen atoms in total. The zero-order valence-corrected chi connectivity index (χ0v) is 14.8. The summed E-state index contributed by atoms with van der Waals surface area (Å²) in [7, 11) is 0. The normalized spacial score (nSPS) is 20.0. The maximum Gasteiger partial charge on any atom is 0.388 e. The molecular weight excluding hydrogens is 358 g/mol. The molecule has 2 aromatic rings. The summed E-state index contributed by atoms with van der Waals surface area (Å²) in [4.78, 5) is 11.2. The molecule has 1 N–H and O–H groups in total. The summed E-state index contributed by atoms with van der Waals surface area (Å²) >= 11 is 0. The third-order valence-electron chi connectivity index (χ3n) is 4.78. The predicted octanol–water partition coefficient (Wildman–Crippen LogP) is 4.13. The monoisotopic (exact) mass is 380 g/mol. The molecule has 0 unspecified atom stereocenters. The van der Waals surface area contributed by atoms with E-state index in [1.165, 1.54) is 10.9 Å². The number of halogens is 2. The summed E-state index contributed by atoms with van der Waals surface area (Å²) in [6.07, 6.45) is 4.67. The van der Waals surface area contributed by atoms with Crippen LogP contribution in [-0.2, 0) is 11.3 Å². The molecule has 0 atom stereocenters. The standard InChI is InChI=1S/C19H22F2N2O4/c20-19(21)27-17-16(18(24)25)10-23(22-17)15-8-6-14(7-9-15)12-26-11-13-4-2-1-3-5-13/h1-5,10,14-15,19H,6-9,11-12H2,(H,24,25). The number of carboxylic acids is 1. The Morgan fingerprint density at radius 2 is 1.93 bits per heavy atom. The molecule has 146 valence electrons. The fourth-order valence-corrected chi connectivity index (χ4v) is 3.37. The minimum atomic E-state index is -3.11. The highest BCUT2D eigenvalue weighted by Crippen LogP contribution is 2.33. The van der Waals surface area contributed by atoms with Crippen LogP contribution in [0.25, 0.3) is 0 Å². The molecular formula is C19H22F2N2O4. The first kappa shape index (κ1) is 19.3. The third-order valence-corrected chi connectivity index (χ3v) is 4.78. The number of nitrogens with zero attached hydrogens (tertiary/aromatic N) is 2. The number of aromatic carboxylic acids is 1. The van der Waals surface area contributed by atoms with E-state index in [-0.39, 0.29) is 11.6 Å². The number of ether oxygens (including phenoxy) is 2. The van der Waals surface area contributed by atoms with E-state index in [0.29, 0.717) is 19.1 Å². The van der Waals surface area contributed by atoms with Crippen molar-refractivity contribution in [2.24, 2.45) is 5.92 Å². The van der Waals surface area contributed by atoms with Crippen molar-refractivity contribution < 1.29 is 28.2 Å². The lowest BCUT2D eigenvalue weighted by Crippen LogP contribution is -2.21. The van der Waals surface area contributed by atoms with Crippen LogP contribution in [0.15, 0.2) is 36.5 Å². The van der Waals surface area contributed by atoms with Gasteiger partial charge in [-0.25, -0.2) is 4.79 Å². The maximum atomic E-state index is 12.4. The molecule has 1 saturated carbocycles. The van der Waals surface area contributed by atoms with E-state index in [4.69, 9.17) is 9.84 Å². The van der Waals surface area contributed by atoms with Gasteiger partial charge in [0.15, 0.2) is 0 Å². The smallest absolute Gasteiger partial charge is 0.388 e. The lowest BCUT2D eigenvalue weighted by Gasteiger charge is -2.28. The summed E-state index contributed by atoms with van der Waals surface area (Å²) in [5, 5.41) is 13.1. The number of aromatic nitrogens is 2.